The Kier molecular flexibility index (Phi) is 6.72. The summed E-state index contributed by atoms with van der Waals surface area (Å²) in [5, 5.41) is 12.6. The normalized spacial score (nSPS) is 22.5. The molecule has 5 rings (SSSR count). The van der Waals surface area contributed by atoms with Crippen LogP contribution in [0.1, 0.15) is 18.2 Å². The molecule has 0 spiro atoms. The third kappa shape index (κ3) is 4.09. The van der Waals surface area contributed by atoms with Gasteiger partial charge in [0, 0.05) is 45.9 Å². The van der Waals surface area contributed by atoms with Crippen LogP contribution >= 0.6 is 11.8 Å². The number of urea groups is 1. The van der Waals surface area contributed by atoms with Gasteiger partial charge in [0.1, 0.15) is 11.7 Å². The van der Waals surface area contributed by atoms with Crippen molar-refractivity contribution in [2.45, 2.75) is 23.4 Å². The van der Waals surface area contributed by atoms with E-state index in [0.29, 0.717) is 29.1 Å². The molecule has 0 aliphatic carbocycles. The van der Waals surface area contributed by atoms with Gasteiger partial charge in [0.25, 0.3) is 5.91 Å². The number of anilines is 1. The summed E-state index contributed by atoms with van der Waals surface area (Å²) in [6, 6.07) is 8.19. The van der Waals surface area contributed by atoms with E-state index < -0.39 is 29.9 Å². The predicted molar refractivity (Wildman–Crippen MR) is 119 cm³/mol. The van der Waals surface area contributed by atoms with Crippen LogP contribution in [0.5, 0.6) is 0 Å². The number of allylic oxidation sites excluding steroid dienone is 1. The Balaban J connectivity index is 0.00000171. The number of thioether (sulfide) groups is 1. The molecule has 2 fully saturated rings. The number of β-lactam (4-membered cyclic amide) rings is 1. The second kappa shape index (κ2) is 9.41. The fourth-order valence-electron chi connectivity index (χ4n) is 4.65. The summed E-state index contributed by atoms with van der Waals surface area (Å²) in [5.41, 5.74) is 6.00. The minimum atomic E-state index is -1.16. The van der Waals surface area contributed by atoms with Gasteiger partial charge in [-0.15, -0.1) is 0 Å². The molecule has 4 heterocycles. The topological polar surface area (TPSA) is 146 Å². The average Bonchev–Trinajstić information content (AvgIpc) is 3.16. The number of benzene rings is 1. The molecule has 0 unspecified atom stereocenters. The van der Waals surface area contributed by atoms with Gasteiger partial charge in [-0.3, -0.25) is 19.5 Å². The third-order valence-electron chi connectivity index (χ3n) is 6.09. The number of hydrogen-bond acceptors (Lipinski definition) is 6. The number of pyridine rings is 1. The van der Waals surface area contributed by atoms with E-state index in [0.717, 1.165) is 4.90 Å². The minimum Gasteiger partial charge on any atom is -1.00 e. The Morgan fingerprint density at radius 2 is 1.82 bits per heavy atom. The van der Waals surface area contributed by atoms with E-state index >= 15 is 0 Å². The van der Waals surface area contributed by atoms with Gasteiger partial charge >= 0.3 is 41.6 Å². The molecule has 170 valence electrons. The second-order valence-electron chi connectivity index (χ2n) is 7.99. The van der Waals surface area contributed by atoms with Crippen molar-refractivity contribution in [3.63, 3.8) is 0 Å². The van der Waals surface area contributed by atoms with Crippen molar-refractivity contribution in [1.82, 2.24) is 14.8 Å². The van der Waals surface area contributed by atoms with Crippen molar-refractivity contribution in [3.05, 3.63) is 65.0 Å². The Bertz CT molecular complexity index is 1210. The molecule has 2 saturated heterocycles. The minimum absolute atomic E-state index is 0. The number of nitrogens with two attached hydrogens (primary N) is 1. The van der Waals surface area contributed by atoms with Crippen molar-refractivity contribution in [3.8, 4) is 0 Å². The van der Waals surface area contributed by atoms with Crippen molar-refractivity contribution >= 4 is 41.3 Å². The summed E-state index contributed by atoms with van der Waals surface area (Å²) >= 11 is 1.30. The molecular weight excluding hydrogens is 469 g/mol. The number of aliphatic carboxylic acids is 1. The van der Waals surface area contributed by atoms with Crippen molar-refractivity contribution in [1.29, 1.82) is 0 Å². The third-order valence-corrected chi connectivity index (χ3v) is 7.20. The van der Waals surface area contributed by atoms with Crippen LogP contribution in [0.4, 0.5) is 10.5 Å². The number of primary amides is 1. The van der Waals surface area contributed by atoms with Crippen molar-refractivity contribution in [2.24, 2.45) is 11.7 Å². The number of rotatable bonds is 5. The maximum Gasteiger partial charge on any atom is 1.00 e. The van der Waals surface area contributed by atoms with E-state index in [-0.39, 0.29) is 48.6 Å². The fourth-order valence-corrected chi connectivity index (χ4v) is 5.77. The average molecular weight is 489 g/mol. The van der Waals surface area contributed by atoms with Crippen LogP contribution in [0, 0.1) is 5.92 Å². The quantitative estimate of drug-likeness (QED) is 0.354. The first kappa shape index (κ1) is 24.3. The van der Waals surface area contributed by atoms with Crippen LogP contribution in [0.15, 0.2) is 64.3 Å². The molecule has 0 saturated carbocycles. The second-order valence-corrected chi connectivity index (χ2v) is 9.16. The molecule has 3 atom stereocenters. The van der Waals surface area contributed by atoms with E-state index in [4.69, 9.17) is 5.73 Å². The molecule has 0 radical (unpaired) electrons. The molecule has 1 aromatic heterocycles. The smallest absolute Gasteiger partial charge is 1.00 e. The van der Waals surface area contributed by atoms with Crippen LogP contribution in [0.25, 0.3) is 0 Å². The number of aromatic nitrogens is 1. The zero-order valence-electron chi connectivity index (χ0n) is 19.2. The molecule has 3 aliphatic rings. The monoisotopic (exact) mass is 489 g/mol. The van der Waals surface area contributed by atoms with E-state index in [9.17, 15) is 24.3 Å². The molecule has 3 aliphatic heterocycles. The molecule has 4 amide bonds. The number of amides is 4. The van der Waals surface area contributed by atoms with Crippen LogP contribution < -0.4 is 40.6 Å². The van der Waals surface area contributed by atoms with Gasteiger partial charge in [-0.05, 0) is 42.8 Å². The number of hydrogen-bond donors (Lipinski definition) is 3. The Labute approximate surface area is 222 Å². The van der Waals surface area contributed by atoms with Gasteiger partial charge in [0.15, 0.2) is 0 Å². The molecule has 12 heteroatoms. The zero-order valence-corrected chi connectivity index (χ0v) is 21.0. The number of nitrogens with zero attached hydrogens (tertiary/aromatic N) is 3. The number of carbonyl (C=O) groups excluding carboxylic acids is 3. The number of likely N-dealkylation sites (tertiary alicyclic amines) is 1. The van der Waals surface area contributed by atoms with E-state index in [1.165, 1.54) is 33.7 Å². The van der Waals surface area contributed by atoms with E-state index in [1.54, 1.807) is 36.7 Å². The fraction of sp³-hybridized carbons (Fsp3) is 0.227. The molecule has 0 bridgehead atoms. The molecular formula is C22H20N5NaO5S. The summed E-state index contributed by atoms with van der Waals surface area (Å²) in [5.74, 6) is -2.19. The van der Waals surface area contributed by atoms with Gasteiger partial charge in [0.2, 0.25) is 5.91 Å². The van der Waals surface area contributed by atoms with Gasteiger partial charge in [-0.2, -0.15) is 0 Å². The summed E-state index contributed by atoms with van der Waals surface area (Å²) < 4.78 is 0. The van der Waals surface area contributed by atoms with E-state index in [1.807, 2.05) is 0 Å². The summed E-state index contributed by atoms with van der Waals surface area (Å²) in [4.78, 5) is 57.4. The number of carboxylic acids is 1. The van der Waals surface area contributed by atoms with Crippen molar-refractivity contribution < 1.29 is 55.3 Å². The van der Waals surface area contributed by atoms with E-state index in [2.05, 4.69) is 10.3 Å². The Morgan fingerprint density at radius 1 is 1.15 bits per heavy atom. The van der Waals surface area contributed by atoms with Crippen LogP contribution in [0.2, 0.25) is 0 Å². The Hall–Kier alpha value is -2.86. The van der Waals surface area contributed by atoms with Gasteiger partial charge in [-0.25, -0.2) is 9.59 Å². The summed E-state index contributed by atoms with van der Waals surface area (Å²) in [7, 11) is 0. The van der Waals surface area contributed by atoms with Crippen LogP contribution in [0.3, 0.4) is 0 Å². The molecule has 10 nitrogen and oxygen atoms in total. The van der Waals surface area contributed by atoms with Gasteiger partial charge < -0.3 is 22.5 Å². The summed E-state index contributed by atoms with van der Waals surface area (Å²) in [6.07, 6.45) is 3.70. The Morgan fingerprint density at radius 3 is 2.44 bits per heavy atom. The largest absolute Gasteiger partial charge is 1.00 e. The maximum absolute atomic E-state index is 13.0. The number of nitrogens with one attached hydrogen (secondary N) is 1. The SMILES string of the molecule is NC(=O)c1ccc(NC(=O)N2C[C@H]3CC(Sc4ccncc4)=C(C(=O)O)N4C(=O)[C@@H]2[C@@H]34)cc1.[H-].[Na+]. The number of carboxylic acid groups (broad SMARTS) is 1. The first-order chi connectivity index (χ1) is 15.8. The van der Waals surface area contributed by atoms with Gasteiger partial charge in [0.05, 0.1) is 6.04 Å². The first-order valence-corrected chi connectivity index (χ1v) is 11.0. The standard InChI is InChI=1S/C22H19N5O5S.Na.H/c23-19(28)11-1-3-13(4-2-11)25-22(32)26-10-12-9-15(33-14-5-7-24-8-6-14)17(21(30)31)27-16(12)18(26)20(27)29;;/h1-8,12,16,18H,9-10H2,(H2,23,28)(H,25,32)(H,30,31);;/q;+1;-1/t12-,16-,18+;;/m1../s1. The predicted octanol–water partition coefficient (Wildman–Crippen LogP) is -1.17. The first-order valence-electron chi connectivity index (χ1n) is 10.2. The zero-order chi connectivity index (χ0) is 23.3. The van der Waals surface area contributed by atoms with Crippen LogP contribution in [-0.2, 0) is 9.59 Å². The van der Waals surface area contributed by atoms with Crippen LogP contribution in [-0.4, -0.2) is 62.3 Å². The summed E-state index contributed by atoms with van der Waals surface area (Å²) in [6.45, 7) is 0.329. The molecule has 2 aromatic rings. The van der Waals surface area contributed by atoms with Crippen molar-refractivity contribution in [2.75, 3.05) is 11.9 Å². The molecule has 1 aromatic carbocycles. The van der Waals surface area contributed by atoms with Gasteiger partial charge in [-0.1, -0.05) is 11.8 Å². The maximum atomic E-state index is 13.0. The molecule has 4 N–H and O–H groups in total. The molecule has 34 heavy (non-hydrogen) atoms. The number of carbonyl (C=O) groups is 4.